The molecular formula is C11H17NO2S. The highest BCUT2D eigenvalue weighted by Crippen LogP contribution is 2.12. The van der Waals surface area contributed by atoms with E-state index in [1.807, 2.05) is 6.92 Å². The molecule has 0 aliphatic carbocycles. The molecule has 0 saturated carbocycles. The number of hydrogen-bond donors (Lipinski definition) is 0. The second kappa shape index (κ2) is 5.68. The van der Waals surface area contributed by atoms with E-state index in [-0.39, 0.29) is 0 Å². The molecule has 1 rings (SSSR count). The Hall–Kier alpha value is -1.13. The molecule has 0 fully saturated rings. The topological polar surface area (TPSA) is 37.4 Å². The molecule has 84 valence electrons. The molecule has 3 nitrogen and oxygen atoms in total. The van der Waals surface area contributed by atoms with Crippen LogP contribution in [0.2, 0.25) is 0 Å². The van der Waals surface area contributed by atoms with E-state index in [2.05, 4.69) is 13.2 Å². The quantitative estimate of drug-likeness (QED) is 0.725. The van der Waals surface area contributed by atoms with Crippen molar-refractivity contribution in [3.05, 3.63) is 43.0 Å². The Bertz CT molecular complexity index is 393. The van der Waals surface area contributed by atoms with Gasteiger partial charge in [0.05, 0.1) is 4.90 Å². The Morgan fingerprint density at radius 2 is 1.47 bits per heavy atom. The number of rotatable bonds is 2. The van der Waals surface area contributed by atoms with E-state index >= 15 is 0 Å². The monoisotopic (exact) mass is 227 g/mol. The Morgan fingerprint density at radius 1 is 1.07 bits per heavy atom. The van der Waals surface area contributed by atoms with Gasteiger partial charge in [0.2, 0.25) is 10.0 Å². The summed E-state index contributed by atoms with van der Waals surface area (Å²) in [6.07, 6.45) is 0. The van der Waals surface area contributed by atoms with Crippen LogP contribution in [0.3, 0.4) is 0 Å². The smallest absolute Gasteiger partial charge is 0.207 e. The van der Waals surface area contributed by atoms with Crippen LogP contribution in [0.1, 0.15) is 5.56 Å². The van der Waals surface area contributed by atoms with Crippen LogP contribution in [-0.4, -0.2) is 26.8 Å². The highest BCUT2D eigenvalue weighted by molar-refractivity contribution is 7.89. The SMILES string of the molecule is C=C.Cc1ccc(S(=O)(=O)N(C)C)cc1. The molecule has 0 bridgehead atoms. The van der Waals surface area contributed by atoms with E-state index in [1.165, 1.54) is 18.4 Å². The van der Waals surface area contributed by atoms with Gasteiger partial charge in [-0.05, 0) is 19.1 Å². The molecule has 0 radical (unpaired) electrons. The fourth-order valence-corrected chi connectivity index (χ4v) is 1.82. The fraction of sp³-hybridized carbons (Fsp3) is 0.273. The summed E-state index contributed by atoms with van der Waals surface area (Å²) in [6.45, 7) is 7.92. The number of benzene rings is 1. The standard InChI is InChI=1S/C9H13NO2S.C2H4/c1-8-4-6-9(7-5-8)13(11,12)10(2)3;1-2/h4-7H,1-3H3;1-2H2. The minimum atomic E-state index is -3.26. The minimum absolute atomic E-state index is 0.336. The molecule has 0 saturated heterocycles. The zero-order valence-corrected chi connectivity index (χ0v) is 10.2. The van der Waals surface area contributed by atoms with Crippen molar-refractivity contribution >= 4 is 10.0 Å². The van der Waals surface area contributed by atoms with Crippen LogP contribution in [0.4, 0.5) is 0 Å². The highest BCUT2D eigenvalue weighted by Gasteiger charge is 2.15. The van der Waals surface area contributed by atoms with Crippen molar-refractivity contribution in [1.29, 1.82) is 0 Å². The second-order valence-corrected chi connectivity index (χ2v) is 5.25. The lowest BCUT2D eigenvalue weighted by molar-refractivity contribution is 0.521. The van der Waals surface area contributed by atoms with Crippen molar-refractivity contribution in [1.82, 2.24) is 4.31 Å². The van der Waals surface area contributed by atoms with E-state index < -0.39 is 10.0 Å². The molecule has 0 heterocycles. The third kappa shape index (κ3) is 3.49. The summed E-state index contributed by atoms with van der Waals surface area (Å²) < 4.78 is 24.3. The third-order valence-corrected chi connectivity index (χ3v) is 3.63. The summed E-state index contributed by atoms with van der Waals surface area (Å²) in [6, 6.07) is 6.81. The Balaban J connectivity index is 0.000000921. The Morgan fingerprint density at radius 3 is 1.80 bits per heavy atom. The summed E-state index contributed by atoms with van der Waals surface area (Å²) in [5.41, 5.74) is 1.05. The average molecular weight is 227 g/mol. The van der Waals surface area contributed by atoms with Gasteiger partial charge in [-0.1, -0.05) is 17.7 Å². The molecule has 15 heavy (non-hydrogen) atoms. The zero-order valence-electron chi connectivity index (χ0n) is 9.40. The maximum Gasteiger partial charge on any atom is 0.242 e. The van der Waals surface area contributed by atoms with Crippen LogP contribution in [0.15, 0.2) is 42.3 Å². The molecule has 1 aromatic carbocycles. The van der Waals surface area contributed by atoms with Crippen LogP contribution in [0.25, 0.3) is 0 Å². The van der Waals surface area contributed by atoms with E-state index in [9.17, 15) is 8.42 Å². The Labute approximate surface area is 92.1 Å². The number of sulfonamides is 1. The number of nitrogens with zero attached hydrogens (tertiary/aromatic N) is 1. The maximum absolute atomic E-state index is 11.6. The van der Waals surface area contributed by atoms with Gasteiger partial charge in [0, 0.05) is 14.1 Å². The lowest BCUT2D eigenvalue weighted by Gasteiger charge is -2.10. The molecule has 0 unspecified atom stereocenters. The van der Waals surface area contributed by atoms with Gasteiger partial charge in [0.15, 0.2) is 0 Å². The molecule has 0 aromatic heterocycles. The Kier molecular flexibility index (Phi) is 5.25. The van der Waals surface area contributed by atoms with Crippen molar-refractivity contribution in [3.8, 4) is 0 Å². The summed E-state index contributed by atoms with van der Waals surface area (Å²) >= 11 is 0. The molecular weight excluding hydrogens is 210 g/mol. The fourth-order valence-electron chi connectivity index (χ4n) is 0.921. The van der Waals surface area contributed by atoms with Crippen molar-refractivity contribution in [2.45, 2.75) is 11.8 Å². The highest BCUT2D eigenvalue weighted by atomic mass is 32.2. The van der Waals surface area contributed by atoms with Gasteiger partial charge in [-0.25, -0.2) is 12.7 Å². The second-order valence-electron chi connectivity index (χ2n) is 3.10. The van der Waals surface area contributed by atoms with Crippen LogP contribution in [0, 0.1) is 6.92 Å². The first-order chi connectivity index (χ1) is 6.94. The van der Waals surface area contributed by atoms with Crippen LogP contribution < -0.4 is 0 Å². The van der Waals surface area contributed by atoms with Crippen LogP contribution >= 0.6 is 0 Å². The first-order valence-corrected chi connectivity index (χ1v) is 5.88. The molecule has 0 atom stereocenters. The predicted molar refractivity (Wildman–Crippen MR) is 63.3 cm³/mol. The first-order valence-electron chi connectivity index (χ1n) is 4.44. The number of aryl methyl sites for hydroxylation is 1. The van der Waals surface area contributed by atoms with Crippen LogP contribution in [-0.2, 0) is 10.0 Å². The predicted octanol–water partition coefficient (Wildman–Crippen LogP) is 2.05. The van der Waals surface area contributed by atoms with Crippen molar-refractivity contribution in [2.24, 2.45) is 0 Å². The molecule has 0 aliphatic heterocycles. The molecule has 0 aliphatic rings. The largest absolute Gasteiger partial charge is 0.242 e. The summed E-state index contributed by atoms with van der Waals surface area (Å²) in [5, 5.41) is 0. The van der Waals surface area contributed by atoms with E-state index in [0.717, 1.165) is 5.56 Å². The van der Waals surface area contributed by atoms with Gasteiger partial charge in [0.1, 0.15) is 0 Å². The van der Waals surface area contributed by atoms with Gasteiger partial charge in [-0.2, -0.15) is 0 Å². The van der Waals surface area contributed by atoms with Gasteiger partial charge < -0.3 is 0 Å². The van der Waals surface area contributed by atoms with Crippen LogP contribution in [0.5, 0.6) is 0 Å². The number of hydrogen-bond acceptors (Lipinski definition) is 2. The molecule has 0 amide bonds. The maximum atomic E-state index is 11.6. The summed E-state index contributed by atoms with van der Waals surface area (Å²) in [7, 11) is -0.214. The molecule has 0 N–H and O–H groups in total. The first kappa shape index (κ1) is 13.9. The van der Waals surface area contributed by atoms with Gasteiger partial charge in [0.25, 0.3) is 0 Å². The molecule has 0 spiro atoms. The van der Waals surface area contributed by atoms with Gasteiger partial charge in [-0.15, -0.1) is 13.2 Å². The minimum Gasteiger partial charge on any atom is -0.207 e. The van der Waals surface area contributed by atoms with Crippen molar-refractivity contribution in [3.63, 3.8) is 0 Å². The lowest BCUT2D eigenvalue weighted by atomic mass is 10.2. The van der Waals surface area contributed by atoms with Gasteiger partial charge >= 0.3 is 0 Å². The van der Waals surface area contributed by atoms with Crippen molar-refractivity contribution in [2.75, 3.05) is 14.1 Å². The third-order valence-electron chi connectivity index (χ3n) is 1.80. The molecule has 1 aromatic rings. The summed E-state index contributed by atoms with van der Waals surface area (Å²) in [4.78, 5) is 0.336. The van der Waals surface area contributed by atoms with Gasteiger partial charge in [-0.3, -0.25) is 0 Å². The van der Waals surface area contributed by atoms with E-state index in [1.54, 1.807) is 24.3 Å². The van der Waals surface area contributed by atoms with E-state index in [4.69, 9.17) is 0 Å². The molecule has 4 heteroatoms. The summed E-state index contributed by atoms with van der Waals surface area (Å²) in [5.74, 6) is 0. The average Bonchev–Trinajstić information content (AvgIpc) is 2.21. The van der Waals surface area contributed by atoms with Crippen molar-refractivity contribution < 1.29 is 8.42 Å². The zero-order chi connectivity index (χ0) is 12.1. The lowest BCUT2D eigenvalue weighted by Crippen LogP contribution is -2.22. The van der Waals surface area contributed by atoms with E-state index in [0.29, 0.717) is 4.90 Å². The normalized spacial score (nSPS) is 10.7.